The molecule has 88 valence electrons. The molecule has 0 saturated heterocycles. The van der Waals surface area contributed by atoms with Gasteiger partial charge in [-0.15, -0.1) is 0 Å². The van der Waals surface area contributed by atoms with Crippen LogP contribution in [-0.4, -0.2) is 25.7 Å². The normalized spacial score (nSPS) is 10.1. The number of benzene rings is 1. The topological polar surface area (TPSA) is 46.0 Å². The minimum absolute atomic E-state index is 0.351. The highest BCUT2D eigenvalue weighted by atomic mass is 16.5. The van der Waals surface area contributed by atoms with Gasteiger partial charge in [0.2, 0.25) is 0 Å². The molecule has 2 aromatic rings. The summed E-state index contributed by atoms with van der Waals surface area (Å²) in [4.78, 5) is 4.42. The van der Waals surface area contributed by atoms with Crippen LogP contribution < -0.4 is 10.2 Å². The molecule has 1 N–H and O–H groups in total. The molecule has 1 aromatic carbocycles. The predicted octanol–water partition coefficient (Wildman–Crippen LogP) is 1.94. The lowest BCUT2D eigenvalue weighted by molar-refractivity contribution is 0.416. The molecule has 2 radical (unpaired) electrons. The van der Waals surface area contributed by atoms with E-state index in [0.29, 0.717) is 16.9 Å². The van der Waals surface area contributed by atoms with E-state index in [4.69, 9.17) is 18.0 Å². The average molecular weight is 236 g/mol. The fourth-order valence-electron chi connectivity index (χ4n) is 1.78. The zero-order chi connectivity index (χ0) is 13.1. The molecule has 0 atom stereocenters. The standard InChI is InChI=1S/C14H13BN2O/c1-9(16)14-11(15)7-8-12(17-14)10-5-3-4-6-13(10)18-2/h3-8,16H,1-2H3. The number of pyridine rings is 1. The summed E-state index contributed by atoms with van der Waals surface area (Å²) in [7, 11) is 7.43. The van der Waals surface area contributed by atoms with Crippen molar-refractivity contribution >= 4 is 19.0 Å². The van der Waals surface area contributed by atoms with Crippen LogP contribution in [0.3, 0.4) is 0 Å². The van der Waals surface area contributed by atoms with Gasteiger partial charge in [0.15, 0.2) is 0 Å². The number of hydrogen-bond donors (Lipinski definition) is 1. The average Bonchev–Trinajstić information content (AvgIpc) is 2.39. The van der Waals surface area contributed by atoms with Crippen molar-refractivity contribution in [2.24, 2.45) is 0 Å². The van der Waals surface area contributed by atoms with E-state index in [1.54, 1.807) is 20.1 Å². The van der Waals surface area contributed by atoms with Gasteiger partial charge in [0.05, 0.1) is 24.2 Å². The number of nitrogens with one attached hydrogen (secondary N) is 1. The van der Waals surface area contributed by atoms with Crippen LogP contribution in [0.1, 0.15) is 12.6 Å². The highest BCUT2D eigenvalue weighted by Crippen LogP contribution is 2.27. The third-order valence-electron chi connectivity index (χ3n) is 2.66. The lowest BCUT2D eigenvalue weighted by Gasteiger charge is -2.10. The van der Waals surface area contributed by atoms with Gasteiger partial charge in [0, 0.05) is 5.56 Å². The first-order chi connectivity index (χ1) is 8.63. The molecule has 0 amide bonds. The predicted molar refractivity (Wildman–Crippen MR) is 74.1 cm³/mol. The van der Waals surface area contributed by atoms with Gasteiger partial charge in [-0.25, -0.2) is 4.98 Å². The molecule has 0 fully saturated rings. The van der Waals surface area contributed by atoms with Gasteiger partial charge >= 0.3 is 0 Å². The molecule has 0 unspecified atom stereocenters. The van der Waals surface area contributed by atoms with E-state index in [2.05, 4.69) is 4.98 Å². The van der Waals surface area contributed by atoms with E-state index >= 15 is 0 Å². The quantitative estimate of drug-likeness (QED) is 0.653. The highest BCUT2D eigenvalue weighted by Gasteiger charge is 2.09. The second-order valence-electron chi connectivity index (χ2n) is 3.96. The molecule has 1 aromatic heterocycles. The number of methoxy groups -OCH3 is 1. The molecular formula is C14H13BN2O. The Balaban J connectivity index is 2.58. The third kappa shape index (κ3) is 2.27. The second-order valence-corrected chi connectivity index (χ2v) is 3.96. The van der Waals surface area contributed by atoms with Crippen molar-refractivity contribution in [3.63, 3.8) is 0 Å². The Morgan fingerprint density at radius 3 is 2.61 bits per heavy atom. The summed E-state index contributed by atoms with van der Waals surface area (Å²) in [5.41, 5.74) is 3.02. The SMILES string of the molecule is [B]c1ccc(-c2ccccc2OC)nc1C(C)=N. The van der Waals surface area contributed by atoms with Crippen molar-refractivity contribution in [1.82, 2.24) is 4.98 Å². The molecule has 18 heavy (non-hydrogen) atoms. The lowest BCUT2D eigenvalue weighted by atomic mass is 9.91. The van der Waals surface area contributed by atoms with E-state index in [9.17, 15) is 0 Å². The Morgan fingerprint density at radius 2 is 1.94 bits per heavy atom. The maximum Gasteiger partial charge on any atom is 0.128 e. The number of aromatic nitrogens is 1. The first kappa shape index (κ1) is 12.4. The van der Waals surface area contributed by atoms with E-state index in [0.717, 1.165) is 17.0 Å². The lowest BCUT2D eigenvalue weighted by Crippen LogP contribution is -2.16. The molecular weight excluding hydrogens is 223 g/mol. The third-order valence-corrected chi connectivity index (χ3v) is 2.66. The molecule has 0 spiro atoms. The summed E-state index contributed by atoms with van der Waals surface area (Å²) >= 11 is 0. The zero-order valence-electron chi connectivity index (χ0n) is 10.4. The van der Waals surface area contributed by atoms with Crippen molar-refractivity contribution < 1.29 is 4.74 Å². The number of nitrogens with zero attached hydrogens (tertiary/aromatic N) is 1. The molecule has 0 aliphatic carbocycles. The van der Waals surface area contributed by atoms with Crippen LogP contribution in [0.15, 0.2) is 36.4 Å². The van der Waals surface area contributed by atoms with Crippen molar-refractivity contribution in [3.8, 4) is 17.0 Å². The van der Waals surface area contributed by atoms with Crippen molar-refractivity contribution in [3.05, 3.63) is 42.1 Å². The van der Waals surface area contributed by atoms with E-state index in [1.165, 1.54) is 0 Å². The minimum atomic E-state index is 0.351. The minimum Gasteiger partial charge on any atom is -0.496 e. The number of para-hydroxylation sites is 1. The largest absolute Gasteiger partial charge is 0.496 e. The Bertz CT molecular complexity index is 596. The molecule has 0 aliphatic rings. The summed E-state index contributed by atoms with van der Waals surface area (Å²) in [6.45, 7) is 1.67. The van der Waals surface area contributed by atoms with Gasteiger partial charge in [-0.1, -0.05) is 23.7 Å². The number of hydrogen-bond acceptors (Lipinski definition) is 3. The van der Waals surface area contributed by atoms with Crippen LogP contribution in [0.4, 0.5) is 0 Å². The van der Waals surface area contributed by atoms with Gasteiger partial charge < -0.3 is 10.1 Å². The monoisotopic (exact) mass is 236 g/mol. The zero-order valence-corrected chi connectivity index (χ0v) is 10.4. The molecule has 0 bridgehead atoms. The summed E-state index contributed by atoms with van der Waals surface area (Å²) < 4.78 is 5.31. The first-order valence-electron chi connectivity index (χ1n) is 5.59. The van der Waals surface area contributed by atoms with Crippen LogP contribution in [0.25, 0.3) is 11.3 Å². The van der Waals surface area contributed by atoms with E-state index in [1.807, 2.05) is 30.3 Å². The number of rotatable bonds is 3. The number of ether oxygens (including phenoxy) is 1. The Morgan fingerprint density at radius 1 is 1.22 bits per heavy atom. The Hall–Kier alpha value is -2.10. The summed E-state index contributed by atoms with van der Waals surface area (Å²) in [5, 5.41) is 7.66. The van der Waals surface area contributed by atoms with Crippen molar-refractivity contribution in [2.45, 2.75) is 6.92 Å². The fraction of sp³-hybridized carbons (Fsp3) is 0.143. The first-order valence-corrected chi connectivity index (χ1v) is 5.59. The van der Waals surface area contributed by atoms with Gasteiger partial charge in [-0.05, 0) is 25.1 Å². The summed E-state index contributed by atoms with van der Waals surface area (Å²) in [6.07, 6.45) is 0. The molecule has 1 heterocycles. The maximum atomic E-state index is 7.66. The van der Waals surface area contributed by atoms with Crippen LogP contribution in [0.2, 0.25) is 0 Å². The summed E-state index contributed by atoms with van der Waals surface area (Å²) in [5.74, 6) is 0.753. The highest BCUT2D eigenvalue weighted by molar-refractivity contribution is 6.36. The second kappa shape index (κ2) is 5.04. The van der Waals surface area contributed by atoms with Crippen molar-refractivity contribution in [1.29, 1.82) is 5.41 Å². The molecule has 0 saturated carbocycles. The van der Waals surface area contributed by atoms with Crippen LogP contribution in [0, 0.1) is 5.41 Å². The molecule has 0 aliphatic heterocycles. The van der Waals surface area contributed by atoms with Gasteiger partial charge in [0.25, 0.3) is 0 Å². The van der Waals surface area contributed by atoms with Crippen LogP contribution in [0.5, 0.6) is 5.75 Å². The smallest absolute Gasteiger partial charge is 0.128 e. The molecule has 2 rings (SSSR count). The van der Waals surface area contributed by atoms with Gasteiger partial charge in [-0.3, -0.25) is 0 Å². The Labute approximate surface area is 108 Å². The van der Waals surface area contributed by atoms with E-state index < -0.39 is 0 Å². The van der Waals surface area contributed by atoms with Crippen LogP contribution >= 0.6 is 0 Å². The Kier molecular flexibility index (Phi) is 3.46. The molecule has 4 heteroatoms. The summed E-state index contributed by atoms with van der Waals surface area (Å²) in [6, 6.07) is 11.2. The molecule has 3 nitrogen and oxygen atoms in total. The van der Waals surface area contributed by atoms with E-state index in [-0.39, 0.29) is 0 Å². The van der Waals surface area contributed by atoms with Gasteiger partial charge in [0.1, 0.15) is 13.6 Å². The maximum absolute atomic E-state index is 7.66. The van der Waals surface area contributed by atoms with Crippen LogP contribution in [-0.2, 0) is 0 Å². The van der Waals surface area contributed by atoms with Gasteiger partial charge in [-0.2, -0.15) is 0 Å². The fourth-order valence-corrected chi connectivity index (χ4v) is 1.78. The van der Waals surface area contributed by atoms with Crippen molar-refractivity contribution in [2.75, 3.05) is 7.11 Å².